The van der Waals surface area contributed by atoms with E-state index in [1.54, 1.807) is 0 Å². The number of carbonyl (C=O) groups is 1. The Morgan fingerprint density at radius 3 is 2.61 bits per heavy atom. The number of hydrogen-bond acceptors (Lipinski definition) is 6. The van der Waals surface area contributed by atoms with Gasteiger partial charge in [-0.3, -0.25) is 0 Å². The topological polar surface area (TPSA) is 93.8 Å². The Bertz CT molecular complexity index is 575. The molecule has 2 rings (SSSR count). The zero-order valence-electron chi connectivity index (χ0n) is 10.3. The van der Waals surface area contributed by atoms with Crippen LogP contribution in [0.1, 0.15) is 47.9 Å². The summed E-state index contributed by atoms with van der Waals surface area (Å²) in [6, 6.07) is 0. The van der Waals surface area contributed by atoms with Gasteiger partial charge in [-0.05, 0) is 6.42 Å². The first-order valence-corrected chi connectivity index (χ1v) is 6.37. The first-order valence-electron chi connectivity index (χ1n) is 5.56. The van der Waals surface area contributed by atoms with Gasteiger partial charge in [-0.25, -0.2) is 4.79 Å². The van der Waals surface area contributed by atoms with Crippen LogP contribution in [0.25, 0.3) is 5.13 Å². The van der Waals surface area contributed by atoms with Crippen LogP contribution in [0.3, 0.4) is 0 Å². The molecule has 8 heteroatoms. The van der Waals surface area contributed by atoms with Crippen molar-refractivity contribution in [2.24, 2.45) is 0 Å². The van der Waals surface area contributed by atoms with Crippen LogP contribution in [0.2, 0.25) is 0 Å². The van der Waals surface area contributed by atoms with Gasteiger partial charge in [-0.2, -0.15) is 4.68 Å². The van der Waals surface area contributed by atoms with Crippen molar-refractivity contribution in [3.8, 4) is 5.13 Å². The minimum atomic E-state index is -1.08. The van der Waals surface area contributed by atoms with Gasteiger partial charge in [-0.1, -0.05) is 37.3 Å². The van der Waals surface area contributed by atoms with Crippen LogP contribution < -0.4 is 0 Å². The highest BCUT2D eigenvalue weighted by atomic mass is 32.1. The molecule has 0 aromatic carbocycles. The molecule has 0 saturated carbocycles. The van der Waals surface area contributed by atoms with Gasteiger partial charge in [0.2, 0.25) is 5.13 Å². The fourth-order valence-corrected chi connectivity index (χ4v) is 2.30. The molecule has 0 bridgehead atoms. The average Bonchev–Trinajstić information content (AvgIpc) is 2.94. The van der Waals surface area contributed by atoms with Gasteiger partial charge in [-0.15, -0.1) is 15.3 Å². The number of hydrogen-bond donors (Lipinski definition) is 1. The fraction of sp³-hybridized carbons (Fsp3) is 0.500. The predicted molar refractivity (Wildman–Crippen MR) is 65.3 cm³/mol. The third-order valence-electron chi connectivity index (χ3n) is 2.41. The standard InChI is InChI=1S/C10H13N5O2S/c1-4-6-7(9(16)17)11-14-15(6)10-13-12-8(18-10)5(2)3/h5H,4H2,1-3H3,(H,16,17). The molecule has 0 saturated heterocycles. The van der Waals surface area contributed by atoms with E-state index >= 15 is 0 Å². The molecule has 18 heavy (non-hydrogen) atoms. The van der Waals surface area contributed by atoms with Crippen LogP contribution in [0.4, 0.5) is 0 Å². The second kappa shape index (κ2) is 4.81. The first-order chi connectivity index (χ1) is 8.54. The molecular formula is C10H13N5O2S. The van der Waals surface area contributed by atoms with Crippen LogP contribution in [-0.2, 0) is 6.42 Å². The van der Waals surface area contributed by atoms with Gasteiger partial charge >= 0.3 is 5.97 Å². The molecule has 0 unspecified atom stereocenters. The predicted octanol–water partition coefficient (Wildman–Crippen LogP) is 1.50. The third-order valence-corrected chi connectivity index (χ3v) is 3.61. The molecule has 1 N–H and O–H groups in total. The van der Waals surface area contributed by atoms with E-state index in [9.17, 15) is 4.79 Å². The molecule has 2 heterocycles. The van der Waals surface area contributed by atoms with E-state index in [-0.39, 0.29) is 11.6 Å². The van der Waals surface area contributed by atoms with E-state index in [1.807, 2.05) is 20.8 Å². The van der Waals surface area contributed by atoms with Gasteiger partial charge in [0.1, 0.15) is 5.01 Å². The molecular weight excluding hydrogens is 254 g/mol. The molecule has 2 aromatic heterocycles. The quantitative estimate of drug-likeness (QED) is 0.902. The zero-order valence-corrected chi connectivity index (χ0v) is 11.1. The van der Waals surface area contributed by atoms with E-state index in [0.717, 1.165) is 5.01 Å². The third kappa shape index (κ3) is 2.10. The van der Waals surface area contributed by atoms with Crippen LogP contribution in [0.15, 0.2) is 0 Å². The minimum Gasteiger partial charge on any atom is -0.476 e. The van der Waals surface area contributed by atoms with Crippen LogP contribution >= 0.6 is 11.3 Å². The van der Waals surface area contributed by atoms with Crippen molar-refractivity contribution >= 4 is 17.3 Å². The number of aromatic carboxylic acids is 1. The van der Waals surface area contributed by atoms with Gasteiger partial charge in [0.15, 0.2) is 5.69 Å². The van der Waals surface area contributed by atoms with E-state index < -0.39 is 5.97 Å². The molecule has 0 aliphatic rings. The van der Waals surface area contributed by atoms with Gasteiger partial charge in [0.25, 0.3) is 0 Å². The van der Waals surface area contributed by atoms with E-state index in [1.165, 1.54) is 16.0 Å². The van der Waals surface area contributed by atoms with Crippen molar-refractivity contribution < 1.29 is 9.90 Å². The molecule has 0 spiro atoms. The molecule has 0 aliphatic carbocycles. The SMILES string of the molecule is CCc1c(C(=O)O)nnn1-c1nnc(C(C)C)s1. The van der Waals surface area contributed by atoms with Gasteiger partial charge < -0.3 is 5.11 Å². The lowest BCUT2D eigenvalue weighted by Crippen LogP contribution is -2.05. The highest BCUT2D eigenvalue weighted by molar-refractivity contribution is 7.13. The number of carboxylic acids is 1. The van der Waals surface area contributed by atoms with Crippen molar-refractivity contribution in [2.75, 3.05) is 0 Å². The van der Waals surface area contributed by atoms with E-state index in [0.29, 0.717) is 17.2 Å². The molecule has 0 amide bonds. The maximum absolute atomic E-state index is 11.0. The summed E-state index contributed by atoms with van der Waals surface area (Å²) in [5.74, 6) is -0.796. The number of rotatable bonds is 4. The van der Waals surface area contributed by atoms with Crippen LogP contribution in [0.5, 0.6) is 0 Å². The second-order valence-electron chi connectivity index (χ2n) is 4.03. The maximum Gasteiger partial charge on any atom is 0.358 e. The normalized spacial score (nSPS) is 11.1. The van der Waals surface area contributed by atoms with Crippen LogP contribution in [0, 0.1) is 0 Å². The highest BCUT2D eigenvalue weighted by Gasteiger charge is 2.20. The maximum atomic E-state index is 11.0. The smallest absolute Gasteiger partial charge is 0.358 e. The summed E-state index contributed by atoms with van der Waals surface area (Å²) >= 11 is 1.39. The molecule has 0 fully saturated rings. The summed E-state index contributed by atoms with van der Waals surface area (Å²) in [6.07, 6.45) is 0.519. The Kier molecular flexibility index (Phi) is 3.37. The van der Waals surface area contributed by atoms with Gasteiger partial charge in [0.05, 0.1) is 5.69 Å². The Hall–Kier alpha value is -1.83. The molecule has 0 atom stereocenters. The number of nitrogens with zero attached hydrogens (tertiary/aromatic N) is 5. The summed E-state index contributed by atoms with van der Waals surface area (Å²) in [5.41, 5.74) is 0.507. The Morgan fingerprint density at radius 1 is 1.39 bits per heavy atom. The highest BCUT2D eigenvalue weighted by Crippen LogP contribution is 2.23. The van der Waals surface area contributed by atoms with Crippen molar-refractivity contribution in [3.63, 3.8) is 0 Å². The van der Waals surface area contributed by atoms with Gasteiger partial charge in [0, 0.05) is 5.92 Å². The summed E-state index contributed by atoms with van der Waals surface area (Å²) in [6.45, 7) is 5.90. The van der Waals surface area contributed by atoms with Crippen molar-refractivity contribution in [1.82, 2.24) is 25.2 Å². The second-order valence-corrected chi connectivity index (χ2v) is 5.02. The summed E-state index contributed by atoms with van der Waals surface area (Å²) in [7, 11) is 0. The first kappa shape index (κ1) is 12.6. The average molecular weight is 267 g/mol. The molecule has 0 aliphatic heterocycles. The lowest BCUT2D eigenvalue weighted by atomic mass is 10.2. The van der Waals surface area contributed by atoms with E-state index in [4.69, 9.17) is 5.11 Å². The lowest BCUT2D eigenvalue weighted by molar-refractivity contribution is 0.0689. The molecule has 2 aromatic rings. The fourth-order valence-electron chi connectivity index (χ4n) is 1.48. The van der Waals surface area contributed by atoms with Crippen molar-refractivity contribution in [1.29, 1.82) is 0 Å². The number of carboxylic acid groups (broad SMARTS) is 1. The largest absolute Gasteiger partial charge is 0.476 e. The Labute approximate surface area is 107 Å². The van der Waals surface area contributed by atoms with E-state index in [2.05, 4.69) is 20.5 Å². The Balaban J connectivity index is 2.46. The Morgan fingerprint density at radius 2 is 2.11 bits per heavy atom. The monoisotopic (exact) mass is 267 g/mol. The minimum absolute atomic E-state index is 0.0289. The molecule has 0 radical (unpaired) electrons. The zero-order chi connectivity index (χ0) is 13.3. The van der Waals surface area contributed by atoms with Crippen LogP contribution in [-0.4, -0.2) is 36.3 Å². The van der Waals surface area contributed by atoms with Crippen molar-refractivity contribution in [3.05, 3.63) is 16.4 Å². The summed E-state index contributed by atoms with van der Waals surface area (Å²) in [5, 5.41) is 26.0. The lowest BCUT2D eigenvalue weighted by Gasteiger charge is -1.99. The number of aromatic nitrogens is 5. The molecule has 7 nitrogen and oxygen atoms in total. The molecule has 96 valence electrons. The summed E-state index contributed by atoms with van der Waals surface area (Å²) in [4.78, 5) is 11.0. The summed E-state index contributed by atoms with van der Waals surface area (Å²) < 4.78 is 1.45. The van der Waals surface area contributed by atoms with Crippen molar-refractivity contribution in [2.45, 2.75) is 33.1 Å².